The summed E-state index contributed by atoms with van der Waals surface area (Å²) in [5.41, 5.74) is 0.909. The quantitative estimate of drug-likeness (QED) is 0.481. The fraction of sp³-hybridized carbons (Fsp3) is 0.529. The number of nitrogens with one attached hydrogen (secondary N) is 2. The Labute approximate surface area is 148 Å². The zero-order chi connectivity index (χ0) is 18.9. The van der Waals surface area contributed by atoms with E-state index in [0.29, 0.717) is 6.42 Å². The Morgan fingerprint density at radius 3 is 2.16 bits per heavy atom. The van der Waals surface area contributed by atoms with Gasteiger partial charge in [-0.1, -0.05) is 30.3 Å². The van der Waals surface area contributed by atoms with E-state index in [1.807, 2.05) is 30.3 Å². The highest BCUT2D eigenvalue weighted by Crippen LogP contribution is 2.33. The van der Waals surface area contributed by atoms with Gasteiger partial charge < -0.3 is 9.47 Å². The highest BCUT2D eigenvalue weighted by Gasteiger charge is 2.30. The second kappa shape index (κ2) is 10.3. The number of hydrogen-bond donors (Lipinski definition) is 2. The SMILES string of the molecule is CCOC(=O)C(C)NP(C)(=O)NC(Cc1ccccc1)C(=O)OCC. The van der Waals surface area contributed by atoms with Crippen molar-refractivity contribution in [3.63, 3.8) is 0 Å². The second-order valence-electron chi connectivity index (χ2n) is 5.65. The van der Waals surface area contributed by atoms with E-state index in [9.17, 15) is 14.2 Å². The Morgan fingerprint density at radius 1 is 1.04 bits per heavy atom. The molecule has 0 saturated carbocycles. The molecule has 0 radical (unpaired) electrons. The van der Waals surface area contributed by atoms with Gasteiger partial charge in [-0.25, -0.2) is 10.2 Å². The molecular weight excluding hydrogens is 343 g/mol. The summed E-state index contributed by atoms with van der Waals surface area (Å²) in [7, 11) is -3.20. The summed E-state index contributed by atoms with van der Waals surface area (Å²) in [5.74, 6) is -0.985. The van der Waals surface area contributed by atoms with E-state index >= 15 is 0 Å². The number of carbonyl (C=O) groups excluding carboxylic acids is 2. The van der Waals surface area contributed by atoms with Gasteiger partial charge in [-0.05, 0) is 32.8 Å². The first-order valence-corrected chi connectivity index (χ1v) is 10.4. The molecule has 3 atom stereocenters. The lowest BCUT2D eigenvalue weighted by Gasteiger charge is -2.25. The van der Waals surface area contributed by atoms with Crippen molar-refractivity contribution in [2.75, 3.05) is 19.9 Å². The zero-order valence-electron chi connectivity index (χ0n) is 15.2. The highest BCUT2D eigenvalue weighted by atomic mass is 31.2. The molecule has 0 aromatic heterocycles. The van der Waals surface area contributed by atoms with E-state index in [2.05, 4.69) is 10.2 Å². The molecule has 7 nitrogen and oxygen atoms in total. The number of hydrogen-bond acceptors (Lipinski definition) is 5. The molecule has 3 unspecified atom stereocenters. The third kappa shape index (κ3) is 7.82. The summed E-state index contributed by atoms with van der Waals surface area (Å²) in [5, 5.41) is 5.53. The molecule has 0 aliphatic rings. The van der Waals surface area contributed by atoms with Crippen LogP contribution in [0.4, 0.5) is 0 Å². The van der Waals surface area contributed by atoms with Crippen molar-refractivity contribution in [2.45, 2.75) is 39.3 Å². The summed E-state index contributed by atoms with van der Waals surface area (Å²) < 4.78 is 22.8. The minimum absolute atomic E-state index is 0.229. The maximum atomic E-state index is 12.8. The average Bonchev–Trinajstić information content (AvgIpc) is 2.55. The number of ether oxygens (including phenoxy) is 2. The zero-order valence-corrected chi connectivity index (χ0v) is 16.0. The van der Waals surface area contributed by atoms with Crippen LogP contribution in [-0.2, 0) is 30.0 Å². The minimum atomic E-state index is -3.20. The van der Waals surface area contributed by atoms with Crippen molar-refractivity contribution in [1.29, 1.82) is 0 Å². The molecule has 1 rings (SSSR count). The van der Waals surface area contributed by atoms with Crippen LogP contribution in [0, 0.1) is 0 Å². The van der Waals surface area contributed by atoms with Crippen LogP contribution >= 0.6 is 7.44 Å². The summed E-state index contributed by atoms with van der Waals surface area (Å²) in [4.78, 5) is 23.9. The van der Waals surface area contributed by atoms with Gasteiger partial charge in [-0.3, -0.25) is 14.2 Å². The van der Waals surface area contributed by atoms with Crippen LogP contribution in [0.2, 0.25) is 0 Å². The smallest absolute Gasteiger partial charge is 0.323 e. The first-order valence-electron chi connectivity index (χ1n) is 8.29. The molecule has 140 valence electrons. The normalized spacial score (nSPS) is 15.7. The summed E-state index contributed by atoms with van der Waals surface area (Å²) in [6.07, 6.45) is 0.326. The lowest BCUT2D eigenvalue weighted by molar-refractivity contribution is -0.145. The van der Waals surface area contributed by atoms with Gasteiger partial charge in [-0.15, -0.1) is 0 Å². The lowest BCUT2D eigenvalue weighted by atomic mass is 10.1. The summed E-state index contributed by atoms with van der Waals surface area (Å²) >= 11 is 0. The van der Waals surface area contributed by atoms with Crippen molar-refractivity contribution < 1.29 is 23.6 Å². The van der Waals surface area contributed by atoms with Gasteiger partial charge in [0.25, 0.3) is 0 Å². The standard InChI is InChI=1S/C17H27N2O5P/c1-5-23-16(20)13(3)18-25(4,22)19-15(17(21)24-6-2)12-14-10-8-7-9-11-14/h7-11,13,15H,5-6,12H2,1-4H3,(H2,18,19,22). The third-order valence-electron chi connectivity index (χ3n) is 3.34. The third-order valence-corrected chi connectivity index (χ3v) is 5.02. The van der Waals surface area contributed by atoms with E-state index in [0.717, 1.165) is 5.56 Å². The topological polar surface area (TPSA) is 93.7 Å². The summed E-state index contributed by atoms with van der Waals surface area (Å²) in [6.45, 7) is 6.87. The Kier molecular flexibility index (Phi) is 8.83. The fourth-order valence-electron chi connectivity index (χ4n) is 2.30. The van der Waals surface area contributed by atoms with Crippen LogP contribution in [0.25, 0.3) is 0 Å². The van der Waals surface area contributed by atoms with Gasteiger partial charge in [0.2, 0.25) is 7.44 Å². The average molecular weight is 370 g/mol. The molecule has 0 aliphatic heterocycles. The van der Waals surface area contributed by atoms with E-state index in [-0.39, 0.29) is 13.2 Å². The molecule has 1 aromatic carbocycles. The predicted molar refractivity (Wildman–Crippen MR) is 96.5 cm³/mol. The Hall–Kier alpha value is -1.69. The Balaban J connectivity index is 2.82. The molecule has 0 fully saturated rings. The number of benzene rings is 1. The molecule has 0 spiro atoms. The van der Waals surface area contributed by atoms with Crippen LogP contribution < -0.4 is 10.2 Å². The van der Waals surface area contributed by atoms with Gasteiger partial charge >= 0.3 is 11.9 Å². The minimum Gasteiger partial charge on any atom is -0.465 e. The maximum Gasteiger partial charge on any atom is 0.323 e. The molecule has 0 aliphatic carbocycles. The summed E-state index contributed by atoms with van der Waals surface area (Å²) in [6, 6.07) is 7.81. The molecule has 0 bridgehead atoms. The van der Waals surface area contributed by atoms with Gasteiger partial charge in [0, 0.05) is 6.66 Å². The van der Waals surface area contributed by atoms with Crippen LogP contribution in [0.15, 0.2) is 30.3 Å². The predicted octanol–water partition coefficient (Wildman–Crippen LogP) is 2.11. The molecule has 8 heteroatoms. The Morgan fingerprint density at radius 2 is 1.60 bits per heavy atom. The number of carbonyl (C=O) groups is 2. The molecule has 1 aromatic rings. The van der Waals surface area contributed by atoms with E-state index in [1.165, 1.54) is 6.66 Å². The van der Waals surface area contributed by atoms with E-state index < -0.39 is 31.5 Å². The Bertz CT molecular complexity index is 608. The maximum absolute atomic E-state index is 12.8. The van der Waals surface area contributed by atoms with Crippen LogP contribution in [-0.4, -0.2) is 43.9 Å². The molecular formula is C17H27N2O5P. The van der Waals surface area contributed by atoms with Gasteiger partial charge in [0.05, 0.1) is 13.2 Å². The van der Waals surface area contributed by atoms with Crippen LogP contribution in [0.5, 0.6) is 0 Å². The van der Waals surface area contributed by atoms with E-state index in [1.54, 1.807) is 20.8 Å². The highest BCUT2D eigenvalue weighted by molar-refractivity contribution is 7.59. The molecule has 25 heavy (non-hydrogen) atoms. The van der Waals surface area contributed by atoms with Gasteiger partial charge in [-0.2, -0.15) is 0 Å². The van der Waals surface area contributed by atoms with Gasteiger partial charge in [0.1, 0.15) is 12.1 Å². The van der Waals surface area contributed by atoms with Gasteiger partial charge in [0.15, 0.2) is 0 Å². The van der Waals surface area contributed by atoms with Crippen LogP contribution in [0.1, 0.15) is 26.3 Å². The largest absolute Gasteiger partial charge is 0.465 e. The van der Waals surface area contributed by atoms with Crippen LogP contribution in [0.3, 0.4) is 0 Å². The number of esters is 2. The van der Waals surface area contributed by atoms with Crippen molar-refractivity contribution in [3.05, 3.63) is 35.9 Å². The lowest BCUT2D eigenvalue weighted by Crippen LogP contribution is -2.43. The molecule has 0 amide bonds. The van der Waals surface area contributed by atoms with Crippen molar-refractivity contribution >= 4 is 19.4 Å². The second-order valence-corrected chi connectivity index (χ2v) is 8.02. The monoisotopic (exact) mass is 370 g/mol. The number of rotatable bonds is 10. The van der Waals surface area contributed by atoms with Crippen molar-refractivity contribution in [1.82, 2.24) is 10.2 Å². The molecule has 0 saturated heterocycles. The van der Waals surface area contributed by atoms with Crippen molar-refractivity contribution in [2.24, 2.45) is 0 Å². The van der Waals surface area contributed by atoms with E-state index in [4.69, 9.17) is 9.47 Å². The fourth-order valence-corrected chi connectivity index (χ4v) is 4.01. The molecule has 2 N–H and O–H groups in total. The molecule has 0 heterocycles. The first-order chi connectivity index (χ1) is 11.8. The first kappa shape index (κ1) is 21.4. The van der Waals surface area contributed by atoms with Crippen molar-refractivity contribution in [3.8, 4) is 0 Å².